The van der Waals surface area contributed by atoms with Gasteiger partial charge in [-0.3, -0.25) is 14.4 Å². The fraction of sp³-hybridized carbons (Fsp3) is 0.632. The molecule has 1 aromatic rings. The highest BCUT2D eigenvalue weighted by Crippen LogP contribution is 2.07. The van der Waals surface area contributed by atoms with Gasteiger partial charge in [0.2, 0.25) is 17.7 Å². The lowest BCUT2D eigenvalue weighted by Crippen LogP contribution is -2.56. The van der Waals surface area contributed by atoms with Crippen LogP contribution in [-0.4, -0.2) is 82.0 Å². The average Bonchev–Trinajstić information content (AvgIpc) is 3.28. The SMILES string of the molecule is CSCCC(NC(=O)CN)C(=O)NC(CCCCN)C(=O)NC(Cc1cnc[nH]1)C(=O)O. The molecule has 9 N–H and O–H groups in total. The van der Waals surface area contributed by atoms with Crippen molar-refractivity contribution in [2.45, 2.75) is 50.2 Å². The zero-order valence-corrected chi connectivity index (χ0v) is 19.0. The van der Waals surface area contributed by atoms with Crippen LogP contribution in [0.25, 0.3) is 0 Å². The molecule has 0 aliphatic carbocycles. The van der Waals surface area contributed by atoms with Crippen LogP contribution in [0.1, 0.15) is 31.4 Å². The van der Waals surface area contributed by atoms with Crippen molar-refractivity contribution in [3.63, 3.8) is 0 Å². The Morgan fingerprint density at radius 1 is 1.06 bits per heavy atom. The van der Waals surface area contributed by atoms with Gasteiger partial charge in [0.15, 0.2) is 0 Å². The van der Waals surface area contributed by atoms with Crippen LogP contribution in [0, 0.1) is 0 Å². The molecule has 0 aromatic carbocycles. The standard InChI is InChI=1S/C19H33N7O5S/c1-32-7-5-14(24-16(27)9-21)18(29)25-13(4-2-3-6-20)17(28)26-15(19(30)31)8-12-10-22-11-23-12/h10-11,13-15H,2-9,20-21H2,1H3,(H,22,23)(H,24,27)(H,25,29)(H,26,28)(H,30,31). The van der Waals surface area contributed by atoms with Crippen molar-refractivity contribution in [3.8, 4) is 0 Å². The van der Waals surface area contributed by atoms with Crippen molar-refractivity contribution < 1.29 is 24.3 Å². The van der Waals surface area contributed by atoms with Gasteiger partial charge in [-0.25, -0.2) is 9.78 Å². The molecule has 180 valence electrons. The predicted molar refractivity (Wildman–Crippen MR) is 121 cm³/mol. The summed E-state index contributed by atoms with van der Waals surface area (Å²) in [4.78, 5) is 55.7. The van der Waals surface area contributed by atoms with Crippen LogP contribution in [-0.2, 0) is 25.6 Å². The maximum Gasteiger partial charge on any atom is 0.326 e. The molecule has 13 heteroatoms. The minimum atomic E-state index is -1.21. The first-order valence-electron chi connectivity index (χ1n) is 10.3. The largest absolute Gasteiger partial charge is 0.480 e. The number of nitrogens with two attached hydrogens (primary N) is 2. The van der Waals surface area contributed by atoms with Crippen LogP contribution in [0.3, 0.4) is 0 Å². The highest BCUT2D eigenvalue weighted by atomic mass is 32.2. The number of unbranched alkanes of at least 4 members (excludes halogenated alkanes) is 1. The van der Waals surface area contributed by atoms with E-state index in [9.17, 15) is 24.3 Å². The van der Waals surface area contributed by atoms with Gasteiger partial charge >= 0.3 is 5.97 Å². The minimum absolute atomic E-state index is 0.00739. The first-order valence-corrected chi connectivity index (χ1v) is 11.7. The lowest BCUT2D eigenvalue weighted by molar-refractivity contribution is -0.142. The molecule has 1 heterocycles. The maximum absolute atomic E-state index is 12.9. The van der Waals surface area contributed by atoms with E-state index in [0.717, 1.165) is 0 Å². The molecule has 0 radical (unpaired) electrons. The Morgan fingerprint density at radius 3 is 2.25 bits per heavy atom. The zero-order chi connectivity index (χ0) is 23.9. The highest BCUT2D eigenvalue weighted by molar-refractivity contribution is 7.98. The highest BCUT2D eigenvalue weighted by Gasteiger charge is 2.29. The van der Waals surface area contributed by atoms with Crippen LogP contribution < -0.4 is 27.4 Å². The van der Waals surface area contributed by atoms with Crippen LogP contribution >= 0.6 is 11.8 Å². The number of carbonyl (C=O) groups is 4. The van der Waals surface area contributed by atoms with E-state index in [0.29, 0.717) is 37.3 Å². The zero-order valence-electron chi connectivity index (χ0n) is 18.1. The van der Waals surface area contributed by atoms with Crippen LogP contribution in [0.5, 0.6) is 0 Å². The fourth-order valence-corrected chi connectivity index (χ4v) is 3.35. The number of rotatable bonds is 16. The summed E-state index contributed by atoms with van der Waals surface area (Å²) in [5.41, 5.74) is 11.4. The lowest BCUT2D eigenvalue weighted by atomic mass is 10.1. The van der Waals surface area contributed by atoms with Gasteiger partial charge in [0.05, 0.1) is 12.9 Å². The molecular weight excluding hydrogens is 438 g/mol. The number of thioether (sulfide) groups is 1. The second kappa shape index (κ2) is 15.2. The summed E-state index contributed by atoms with van der Waals surface area (Å²) in [6.45, 7) is 0.153. The Bertz CT molecular complexity index is 732. The third kappa shape index (κ3) is 10.1. The molecule has 32 heavy (non-hydrogen) atoms. The normalized spacial score (nSPS) is 13.6. The molecule has 3 unspecified atom stereocenters. The summed E-state index contributed by atoms with van der Waals surface area (Å²) in [5.74, 6) is -2.25. The minimum Gasteiger partial charge on any atom is -0.480 e. The second-order valence-corrected chi connectivity index (χ2v) is 8.12. The number of nitrogens with zero attached hydrogens (tertiary/aromatic N) is 1. The summed E-state index contributed by atoms with van der Waals surface area (Å²) in [6.07, 6.45) is 6.57. The number of hydrogen-bond acceptors (Lipinski definition) is 8. The lowest BCUT2D eigenvalue weighted by Gasteiger charge is -2.24. The van der Waals surface area contributed by atoms with Crippen molar-refractivity contribution in [2.75, 3.05) is 25.1 Å². The molecule has 0 fully saturated rings. The number of carboxylic acids is 1. The molecule has 3 amide bonds. The van der Waals surface area contributed by atoms with Crippen LogP contribution in [0.15, 0.2) is 12.5 Å². The molecule has 0 spiro atoms. The van der Waals surface area contributed by atoms with E-state index in [4.69, 9.17) is 11.5 Å². The molecular formula is C19H33N7O5S. The Kier molecular flexibility index (Phi) is 13.0. The van der Waals surface area contributed by atoms with Crippen molar-refractivity contribution in [3.05, 3.63) is 18.2 Å². The Hall–Kier alpha value is -2.64. The number of carboxylic acid groups (broad SMARTS) is 1. The molecule has 0 saturated heterocycles. The van der Waals surface area contributed by atoms with E-state index < -0.39 is 41.8 Å². The quantitative estimate of drug-likeness (QED) is 0.137. The van der Waals surface area contributed by atoms with Gasteiger partial charge in [0, 0.05) is 18.3 Å². The van der Waals surface area contributed by atoms with Gasteiger partial charge in [-0.05, 0) is 44.2 Å². The fourth-order valence-electron chi connectivity index (χ4n) is 2.88. The third-order valence-corrected chi connectivity index (χ3v) is 5.27. The van der Waals surface area contributed by atoms with Crippen molar-refractivity contribution in [1.29, 1.82) is 0 Å². The number of aromatic nitrogens is 2. The molecule has 0 aliphatic heterocycles. The molecule has 3 atom stereocenters. The van der Waals surface area contributed by atoms with Crippen molar-refractivity contribution >= 4 is 35.5 Å². The van der Waals surface area contributed by atoms with Crippen molar-refractivity contribution in [2.24, 2.45) is 11.5 Å². The predicted octanol–water partition coefficient (Wildman–Crippen LogP) is -1.67. The molecule has 1 rings (SSSR count). The summed E-state index contributed by atoms with van der Waals surface area (Å²) >= 11 is 1.51. The first kappa shape index (κ1) is 27.4. The third-order valence-electron chi connectivity index (χ3n) is 4.62. The second-order valence-electron chi connectivity index (χ2n) is 7.13. The van der Waals surface area contributed by atoms with E-state index in [1.165, 1.54) is 24.3 Å². The van der Waals surface area contributed by atoms with Gasteiger partial charge in [-0.1, -0.05) is 0 Å². The van der Waals surface area contributed by atoms with E-state index in [-0.39, 0.29) is 19.4 Å². The van der Waals surface area contributed by atoms with Crippen LogP contribution in [0.2, 0.25) is 0 Å². The Balaban J connectivity index is 2.90. The molecule has 1 aromatic heterocycles. The van der Waals surface area contributed by atoms with Gasteiger partial charge in [0.25, 0.3) is 0 Å². The van der Waals surface area contributed by atoms with Gasteiger partial charge in [0.1, 0.15) is 18.1 Å². The summed E-state index contributed by atoms with van der Waals surface area (Å²) in [7, 11) is 0. The van der Waals surface area contributed by atoms with E-state index in [1.807, 2.05) is 6.26 Å². The Morgan fingerprint density at radius 2 is 1.72 bits per heavy atom. The Labute approximate surface area is 191 Å². The summed E-state index contributed by atoms with van der Waals surface area (Å²) < 4.78 is 0. The van der Waals surface area contributed by atoms with E-state index in [1.54, 1.807) is 0 Å². The summed E-state index contributed by atoms with van der Waals surface area (Å²) in [5, 5.41) is 17.2. The first-order chi connectivity index (χ1) is 15.3. The number of aromatic amines is 1. The maximum atomic E-state index is 12.9. The smallest absolute Gasteiger partial charge is 0.326 e. The number of H-pyrrole nitrogens is 1. The monoisotopic (exact) mass is 471 g/mol. The average molecular weight is 472 g/mol. The van der Waals surface area contributed by atoms with Gasteiger partial charge in [-0.2, -0.15) is 11.8 Å². The number of hydrogen-bond donors (Lipinski definition) is 7. The van der Waals surface area contributed by atoms with Crippen LogP contribution in [0.4, 0.5) is 0 Å². The summed E-state index contributed by atoms with van der Waals surface area (Å²) in [6, 6.07) is -3.05. The van der Waals surface area contributed by atoms with Crippen molar-refractivity contribution in [1.82, 2.24) is 25.9 Å². The number of aliphatic carboxylic acids is 1. The van der Waals surface area contributed by atoms with Gasteiger partial charge < -0.3 is 37.5 Å². The molecule has 0 bridgehead atoms. The number of nitrogens with one attached hydrogen (secondary N) is 4. The topological polar surface area (TPSA) is 205 Å². The number of amides is 3. The molecule has 0 saturated carbocycles. The molecule has 0 aliphatic rings. The number of imidazole rings is 1. The van der Waals surface area contributed by atoms with Gasteiger partial charge in [-0.15, -0.1) is 0 Å². The molecule has 12 nitrogen and oxygen atoms in total. The number of carbonyl (C=O) groups excluding carboxylic acids is 3. The van der Waals surface area contributed by atoms with E-state index >= 15 is 0 Å². The van der Waals surface area contributed by atoms with E-state index in [2.05, 4.69) is 25.9 Å².